The molecule has 5 nitrogen and oxygen atoms in total. The van der Waals surface area contributed by atoms with E-state index < -0.39 is 0 Å². The van der Waals surface area contributed by atoms with Crippen molar-refractivity contribution in [3.05, 3.63) is 28.8 Å². The number of ether oxygens (including phenoxy) is 1. The third-order valence-corrected chi connectivity index (χ3v) is 4.59. The van der Waals surface area contributed by atoms with Gasteiger partial charge in [-0.25, -0.2) is 0 Å². The summed E-state index contributed by atoms with van der Waals surface area (Å²) in [6.07, 6.45) is 2.62. The molecule has 1 saturated heterocycles. The van der Waals surface area contributed by atoms with Crippen molar-refractivity contribution in [1.29, 1.82) is 0 Å². The van der Waals surface area contributed by atoms with E-state index in [0.29, 0.717) is 30.3 Å². The van der Waals surface area contributed by atoms with E-state index >= 15 is 0 Å². The number of piperazine rings is 1. The van der Waals surface area contributed by atoms with Crippen molar-refractivity contribution in [2.75, 3.05) is 26.7 Å². The lowest BCUT2D eigenvalue weighted by atomic mass is 10.0. The van der Waals surface area contributed by atoms with Gasteiger partial charge in [-0.15, -0.1) is 0 Å². The highest BCUT2D eigenvalue weighted by molar-refractivity contribution is 6.30. The van der Waals surface area contributed by atoms with Crippen LogP contribution in [0.15, 0.2) is 18.2 Å². The Balaban J connectivity index is 2.02. The summed E-state index contributed by atoms with van der Waals surface area (Å²) < 4.78 is 5.65. The van der Waals surface area contributed by atoms with Crippen LogP contribution in [0, 0.1) is 6.92 Å². The molecule has 1 aliphatic heterocycles. The summed E-state index contributed by atoms with van der Waals surface area (Å²) in [5, 5.41) is 0.635. The van der Waals surface area contributed by atoms with Gasteiger partial charge >= 0.3 is 0 Å². The summed E-state index contributed by atoms with van der Waals surface area (Å²) in [5.41, 5.74) is 0.882. The highest BCUT2D eigenvalue weighted by Crippen LogP contribution is 2.22. The smallest absolute Gasteiger partial charge is 0.261 e. The van der Waals surface area contributed by atoms with E-state index in [0.717, 1.165) is 18.4 Å². The number of aryl methyl sites for hydroxylation is 1. The van der Waals surface area contributed by atoms with E-state index in [-0.39, 0.29) is 24.5 Å². The van der Waals surface area contributed by atoms with Crippen LogP contribution in [0.4, 0.5) is 0 Å². The number of carbonyl (C=O) groups excluding carboxylic acids is 2. The van der Waals surface area contributed by atoms with E-state index in [4.69, 9.17) is 16.3 Å². The Hall–Kier alpha value is -1.75. The largest absolute Gasteiger partial charge is 0.483 e. The van der Waals surface area contributed by atoms with Crippen molar-refractivity contribution in [1.82, 2.24) is 9.80 Å². The van der Waals surface area contributed by atoms with Crippen molar-refractivity contribution in [2.45, 2.75) is 39.2 Å². The lowest BCUT2D eigenvalue weighted by Gasteiger charge is -2.39. The van der Waals surface area contributed by atoms with Crippen LogP contribution in [0.1, 0.15) is 31.7 Å². The van der Waals surface area contributed by atoms with Gasteiger partial charge in [0, 0.05) is 25.2 Å². The van der Waals surface area contributed by atoms with E-state index in [2.05, 4.69) is 6.92 Å². The van der Waals surface area contributed by atoms with E-state index in [1.54, 1.807) is 35.0 Å². The Labute approximate surface area is 148 Å². The van der Waals surface area contributed by atoms with Crippen LogP contribution in [0.2, 0.25) is 5.02 Å². The third-order valence-electron chi connectivity index (χ3n) is 4.35. The van der Waals surface area contributed by atoms with Gasteiger partial charge in [-0.05, 0) is 37.1 Å². The molecule has 1 aromatic carbocycles. The molecular weight excluding hydrogens is 328 g/mol. The maximum atomic E-state index is 12.6. The molecule has 0 radical (unpaired) electrons. The Bertz CT molecular complexity index is 606. The van der Waals surface area contributed by atoms with Gasteiger partial charge < -0.3 is 14.5 Å². The minimum Gasteiger partial charge on any atom is -0.483 e. The summed E-state index contributed by atoms with van der Waals surface area (Å²) in [4.78, 5) is 28.3. The van der Waals surface area contributed by atoms with E-state index in [1.807, 2.05) is 6.92 Å². The quantitative estimate of drug-likeness (QED) is 0.791. The van der Waals surface area contributed by atoms with Crippen LogP contribution in [-0.4, -0.2) is 54.4 Å². The minimum absolute atomic E-state index is 0.0192. The van der Waals surface area contributed by atoms with Gasteiger partial charge in [-0.1, -0.05) is 31.4 Å². The second kappa shape index (κ2) is 8.38. The first-order valence-corrected chi connectivity index (χ1v) is 8.75. The molecule has 6 heteroatoms. The van der Waals surface area contributed by atoms with E-state index in [9.17, 15) is 9.59 Å². The van der Waals surface area contributed by atoms with Gasteiger partial charge in [0.2, 0.25) is 5.91 Å². The van der Waals surface area contributed by atoms with Crippen LogP contribution in [0.25, 0.3) is 0 Å². The van der Waals surface area contributed by atoms with Crippen LogP contribution in [-0.2, 0) is 9.59 Å². The fourth-order valence-corrected chi connectivity index (χ4v) is 3.11. The molecule has 1 fully saturated rings. The Morgan fingerprint density at radius 1 is 1.38 bits per heavy atom. The molecule has 2 rings (SSSR count). The summed E-state index contributed by atoms with van der Waals surface area (Å²) in [6, 6.07) is 4.92. The zero-order valence-corrected chi connectivity index (χ0v) is 15.3. The van der Waals surface area contributed by atoms with Crippen LogP contribution in [0.3, 0.4) is 0 Å². The number of hydrogen-bond acceptors (Lipinski definition) is 3. The molecule has 0 bridgehead atoms. The Morgan fingerprint density at radius 3 is 2.79 bits per heavy atom. The number of carbonyl (C=O) groups is 2. The molecule has 1 aromatic rings. The molecular formula is C18H25ClN2O3. The number of rotatable bonds is 6. The predicted octanol–water partition coefficient (Wildman–Crippen LogP) is 2.89. The van der Waals surface area contributed by atoms with Crippen molar-refractivity contribution in [2.24, 2.45) is 0 Å². The van der Waals surface area contributed by atoms with Crippen LogP contribution >= 0.6 is 11.6 Å². The van der Waals surface area contributed by atoms with Crippen molar-refractivity contribution in [3.8, 4) is 5.75 Å². The molecule has 132 valence electrons. The fourth-order valence-electron chi connectivity index (χ4n) is 2.88. The van der Waals surface area contributed by atoms with Gasteiger partial charge in [0.05, 0.1) is 0 Å². The molecule has 0 N–H and O–H groups in total. The number of likely N-dealkylation sites (N-methyl/N-ethyl adjacent to an activating group) is 1. The highest BCUT2D eigenvalue weighted by atomic mass is 35.5. The number of hydrogen-bond donors (Lipinski definition) is 0. The lowest BCUT2D eigenvalue weighted by Crippen LogP contribution is -2.58. The number of unbranched alkanes of at least 4 members (excludes halogenated alkanes) is 1. The average Bonchev–Trinajstić information content (AvgIpc) is 2.55. The molecule has 1 atom stereocenters. The van der Waals surface area contributed by atoms with Crippen LogP contribution in [0.5, 0.6) is 5.75 Å². The first-order chi connectivity index (χ1) is 11.4. The Morgan fingerprint density at radius 2 is 2.12 bits per heavy atom. The number of nitrogens with zero attached hydrogens (tertiary/aromatic N) is 2. The second-order valence-corrected chi connectivity index (χ2v) is 6.64. The van der Waals surface area contributed by atoms with Crippen molar-refractivity contribution < 1.29 is 14.3 Å². The summed E-state index contributed by atoms with van der Waals surface area (Å²) >= 11 is 5.93. The lowest BCUT2D eigenvalue weighted by molar-refractivity contribution is -0.151. The molecule has 24 heavy (non-hydrogen) atoms. The third kappa shape index (κ3) is 4.41. The maximum absolute atomic E-state index is 12.6. The molecule has 2 amide bonds. The number of amides is 2. The van der Waals surface area contributed by atoms with Gasteiger partial charge in [-0.2, -0.15) is 0 Å². The highest BCUT2D eigenvalue weighted by Gasteiger charge is 2.35. The second-order valence-electron chi connectivity index (χ2n) is 6.20. The predicted molar refractivity (Wildman–Crippen MR) is 94.3 cm³/mol. The Kier molecular flexibility index (Phi) is 6.49. The van der Waals surface area contributed by atoms with E-state index in [1.165, 1.54) is 0 Å². The normalized spacial score (nSPS) is 18.0. The molecule has 0 spiro atoms. The van der Waals surface area contributed by atoms with Gasteiger partial charge in [0.1, 0.15) is 11.8 Å². The topological polar surface area (TPSA) is 49.9 Å². The summed E-state index contributed by atoms with van der Waals surface area (Å²) in [5.74, 6) is 0.510. The first-order valence-electron chi connectivity index (χ1n) is 8.37. The van der Waals surface area contributed by atoms with Gasteiger partial charge in [-0.3, -0.25) is 9.59 Å². The number of benzene rings is 1. The minimum atomic E-state index is -0.369. The summed E-state index contributed by atoms with van der Waals surface area (Å²) in [7, 11) is 1.79. The van der Waals surface area contributed by atoms with Crippen molar-refractivity contribution >= 4 is 23.4 Å². The molecule has 1 aliphatic rings. The zero-order valence-electron chi connectivity index (χ0n) is 14.5. The molecule has 0 saturated carbocycles. The monoisotopic (exact) mass is 352 g/mol. The number of halogens is 1. The SMILES string of the molecule is CCCCC1C(=O)N(C)CCN1C(=O)COc1ccc(Cl)cc1C. The molecule has 0 aromatic heterocycles. The first kappa shape index (κ1) is 18.6. The van der Waals surface area contributed by atoms with Gasteiger partial charge in [0.25, 0.3) is 5.91 Å². The van der Waals surface area contributed by atoms with Crippen LogP contribution < -0.4 is 4.74 Å². The summed E-state index contributed by atoms with van der Waals surface area (Å²) in [6.45, 7) is 5.01. The average molecular weight is 353 g/mol. The molecule has 1 unspecified atom stereocenters. The fraction of sp³-hybridized carbons (Fsp3) is 0.556. The molecule has 0 aliphatic carbocycles. The maximum Gasteiger partial charge on any atom is 0.261 e. The van der Waals surface area contributed by atoms with Gasteiger partial charge in [0.15, 0.2) is 6.61 Å². The standard InChI is InChI=1S/C18H25ClN2O3/c1-4-5-6-15-18(23)20(3)9-10-21(15)17(22)12-24-16-8-7-14(19)11-13(16)2/h7-8,11,15H,4-6,9-10,12H2,1-3H3. The van der Waals surface area contributed by atoms with Crippen molar-refractivity contribution in [3.63, 3.8) is 0 Å². The molecule has 1 heterocycles. The zero-order chi connectivity index (χ0) is 17.7.